The highest BCUT2D eigenvalue weighted by Crippen LogP contribution is 2.24. The Hall–Kier alpha value is -2.39. The van der Waals surface area contributed by atoms with Gasteiger partial charge in [-0.2, -0.15) is 0 Å². The van der Waals surface area contributed by atoms with E-state index in [4.69, 9.17) is 4.74 Å². The summed E-state index contributed by atoms with van der Waals surface area (Å²) in [4.78, 5) is 11.1. The van der Waals surface area contributed by atoms with Crippen LogP contribution in [0, 0.1) is 0 Å². The number of methoxy groups -OCH3 is 1. The second kappa shape index (κ2) is 5.94. The Morgan fingerprint density at radius 1 is 1.10 bits per heavy atom. The number of nitrogens with zero attached hydrogens (tertiary/aromatic N) is 1. The lowest BCUT2D eigenvalue weighted by molar-refractivity contribution is 0.0890. The Balaban J connectivity index is 1.96. The summed E-state index contributed by atoms with van der Waals surface area (Å²) in [5, 5.41) is 0.982. The molecule has 0 aliphatic heterocycles. The number of benzene rings is 2. The van der Waals surface area contributed by atoms with Crippen molar-refractivity contribution in [3.63, 3.8) is 0 Å². The fourth-order valence-electron chi connectivity index (χ4n) is 2.67. The van der Waals surface area contributed by atoms with Crippen LogP contribution < -0.4 is 0 Å². The molecule has 2 aromatic carbocycles. The van der Waals surface area contributed by atoms with Gasteiger partial charge in [-0.25, -0.2) is 0 Å². The Labute approximate surface area is 123 Å². The molecule has 1 heterocycles. The molecule has 0 bridgehead atoms. The van der Waals surface area contributed by atoms with E-state index in [1.165, 1.54) is 0 Å². The predicted octanol–water partition coefficient (Wildman–Crippen LogP) is 3.84. The molecule has 0 saturated carbocycles. The van der Waals surface area contributed by atoms with Crippen molar-refractivity contribution >= 4 is 17.2 Å². The Bertz CT molecular complexity index is 746. The Kier molecular flexibility index (Phi) is 3.84. The van der Waals surface area contributed by atoms with Crippen molar-refractivity contribution in [1.82, 2.24) is 4.57 Å². The van der Waals surface area contributed by atoms with E-state index in [0.717, 1.165) is 28.3 Å². The number of ether oxygens (including phenoxy) is 1. The zero-order valence-corrected chi connectivity index (χ0v) is 11.9. The standard InChI is InChI=1S/C18H17NO2/c1-21-18(14-6-3-2-4-7-14)12-19-11-10-16-15(13-20)8-5-9-17(16)19/h2-11,13,18H,12H2,1H3. The fourth-order valence-corrected chi connectivity index (χ4v) is 2.67. The molecular formula is C18H17NO2. The SMILES string of the molecule is COC(Cn1ccc2c(C=O)cccc21)c1ccccc1. The first-order valence-corrected chi connectivity index (χ1v) is 6.94. The quantitative estimate of drug-likeness (QED) is 0.664. The lowest BCUT2D eigenvalue weighted by Gasteiger charge is -2.17. The molecule has 106 valence electrons. The second-order valence-corrected chi connectivity index (χ2v) is 5.00. The van der Waals surface area contributed by atoms with Crippen molar-refractivity contribution in [3.05, 3.63) is 71.9 Å². The monoisotopic (exact) mass is 279 g/mol. The summed E-state index contributed by atoms with van der Waals surface area (Å²) in [5.41, 5.74) is 2.92. The first-order chi connectivity index (χ1) is 10.3. The van der Waals surface area contributed by atoms with E-state index in [9.17, 15) is 4.79 Å². The maximum Gasteiger partial charge on any atom is 0.150 e. The van der Waals surface area contributed by atoms with E-state index >= 15 is 0 Å². The number of aromatic nitrogens is 1. The molecule has 0 aliphatic carbocycles. The highest BCUT2D eigenvalue weighted by molar-refractivity contribution is 5.97. The van der Waals surface area contributed by atoms with Gasteiger partial charge < -0.3 is 9.30 Å². The number of fused-ring (bicyclic) bond motifs is 1. The number of hydrogen-bond acceptors (Lipinski definition) is 2. The lowest BCUT2D eigenvalue weighted by Crippen LogP contribution is -2.10. The van der Waals surface area contributed by atoms with E-state index in [-0.39, 0.29) is 6.10 Å². The topological polar surface area (TPSA) is 31.2 Å². The van der Waals surface area contributed by atoms with Gasteiger partial charge in [0.1, 0.15) is 0 Å². The van der Waals surface area contributed by atoms with E-state index in [1.54, 1.807) is 7.11 Å². The second-order valence-electron chi connectivity index (χ2n) is 5.00. The third-order valence-electron chi connectivity index (χ3n) is 3.79. The van der Waals surface area contributed by atoms with Crippen molar-refractivity contribution in [3.8, 4) is 0 Å². The first-order valence-electron chi connectivity index (χ1n) is 6.94. The predicted molar refractivity (Wildman–Crippen MR) is 83.5 cm³/mol. The summed E-state index contributed by atoms with van der Waals surface area (Å²) < 4.78 is 7.75. The van der Waals surface area contributed by atoms with Gasteiger partial charge in [-0.15, -0.1) is 0 Å². The molecule has 0 fully saturated rings. The maximum atomic E-state index is 11.1. The number of rotatable bonds is 5. The lowest BCUT2D eigenvalue weighted by atomic mass is 10.1. The van der Waals surface area contributed by atoms with Crippen LogP contribution in [-0.4, -0.2) is 18.0 Å². The molecule has 1 atom stereocenters. The van der Waals surface area contributed by atoms with Gasteiger partial charge in [0.15, 0.2) is 6.29 Å². The molecule has 21 heavy (non-hydrogen) atoms. The van der Waals surface area contributed by atoms with Crippen molar-refractivity contribution in [2.45, 2.75) is 12.6 Å². The molecule has 0 radical (unpaired) electrons. The molecule has 3 nitrogen and oxygen atoms in total. The van der Waals surface area contributed by atoms with Crippen LogP contribution >= 0.6 is 0 Å². The van der Waals surface area contributed by atoms with Gasteiger partial charge in [0.2, 0.25) is 0 Å². The van der Waals surface area contributed by atoms with Gasteiger partial charge in [-0.1, -0.05) is 42.5 Å². The molecule has 3 rings (SSSR count). The Morgan fingerprint density at radius 2 is 1.90 bits per heavy atom. The van der Waals surface area contributed by atoms with Gasteiger partial charge in [0.05, 0.1) is 12.6 Å². The van der Waals surface area contributed by atoms with Crippen LogP contribution in [0.5, 0.6) is 0 Å². The summed E-state index contributed by atoms with van der Waals surface area (Å²) >= 11 is 0. The fraction of sp³-hybridized carbons (Fsp3) is 0.167. The van der Waals surface area contributed by atoms with Gasteiger partial charge in [-0.05, 0) is 17.7 Å². The van der Waals surface area contributed by atoms with Crippen LogP contribution in [0.15, 0.2) is 60.8 Å². The minimum Gasteiger partial charge on any atom is -0.375 e. The summed E-state index contributed by atoms with van der Waals surface area (Å²) in [5.74, 6) is 0. The molecule has 1 unspecified atom stereocenters. The largest absolute Gasteiger partial charge is 0.375 e. The van der Waals surface area contributed by atoms with Crippen LogP contribution in [0.2, 0.25) is 0 Å². The van der Waals surface area contributed by atoms with E-state index in [2.05, 4.69) is 16.7 Å². The number of carbonyl (C=O) groups is 1. The van der Waals surface area contributed by atoms with Crippen LogP contribution in [-0.2, 0) is 11.3 Å². The van der Waals surface area contributed by atoms with Crippen LogP contribution in [0.25, 0.3) is 10.9 Å². The number of carbonyl (C=O) groups excluding carboxylic acids is 1. The minimum absolute atomic E-state index is 0.0123. The number of hydrogen-bond donors (Lipinski definition) is 0. The molecule has 0 saturated heterocycles. The third-order valence-corrected chi connectivity index (χ3v) is 3.79. The van der Waals surface area contributed by atoms with Crippen molar-refractivity contribution < 1.29 is 9.53 Å². The molecule has 3 heteroatoms. The normalized spacial score (nSPS) is 12.4. The summed E-state index contributed by atoms with van der Waals surface area (Å²) in [6.45, 7) is 0.715. The van der Waals surface area contributed by atoms with E-state index < -0.39 is 0 Å². The molecule has 0 amide bonds. The molecule has 0 N–H and O–H groups in total. The van der Waals surface area contributed by atoms with Gasteiger partial charge in [0.25, 0.3) is 0 Å². The summed E-state index contributed by atoms with van der Waals surface area (Å²) in [7, 11) is 1.72. The van der Waals surface area contributed by atoms with Crippen LogP contribution in [0.3, 0.4) is 0 Å². The molecular weight excluding hydrogens is 262 g/mol. The molecule has 1 aromatic heterocycles. The Morgan fingerprint density at radius 3 is 2.62 bits per heavy atom. The van der Waals surface area contributed by atoms with Gasteiger partial charge >= 0.3 is 0 Å². The smallest absolute Gasteiger partial charge is 0.150 e. The average molecular weight is 279 g/mol. The van der Waals surface area contributed by atoms with Gasteiger partial charge in [-0.3, -0.25) is 4.79 Å². The van der Waals surface area contributed by atoms with Crippen molar-refractivity contribution in [2.24, 2.45) is 0 Å². The van der Waals surface area contributed by atoms with Crippen LogP contribution in [0.4, 0.5) is 0 Å². The van der Waals surface area contributed by atoms with E-state index in [0.29, 0.717) is 6.54 Å². The zero-order valence-electron chi connectivity index (χ0n) is 11.9. The number of aldehydes is 1. The minimum atomic E-state index is -0.0123. The van der Waals surface area contributed by atoms with Crippen molar-refractivity contribution in [2.75, 3.05) is 7.11 Å². The molecule has 3 aromatic rings. The first kappa shape index (κ1) is 13.6. The average Bonchev–Trinajstić information content (AvgIpc) is 2.96. The van der Waals surface area contributed by atoms with Gasteiger partial charge in [0, 0.05) is 29.8 Å². The van der Waals surface area contributed by atoms with Crippen LogP contribution in [0.1, 0.15) is 22.0 Å². The summed E-state index contributed by atoms with van der Waals surface area (Å²) in [6.07, 6.45) is 2.89. The molecule has 0 aliphatic rings. The zero-order chi connectivity index (χ0) is 14.7. The summed E-state index contributed by atoms with van der Waals surface area (Å²) in [6, 6.07) is 17.9. The van der Waals surface area contributed by atoms with E-state index in [1.807, 2.05) is 48.7 Å². The third kappa shape index (κ3) is 2.60. The molecule has 0 spiro atoms. The highest BCUT2D eigenvalue weighted by Gasteiger charge is 2.13. The highest BCUT2D eigenvalue weighted by atomic mass is 16.5. The maximum absolute atomic E-state index is 11.1. The van der Waals surface area contributed by atoms with Crippen molar-refractivity contribution in [1.29, 1.82) is 0 Å².